The van der Waals surface area contributed by atoms with Crippen LogP contribution in [0.2, 0.25) is 0 Å². The fraction of sp³-hybridized carbons (Fsp3) is 0.857. The minimum atomic E-state index is -0.552. The lowest BCUT2D eigenvalue weighted by Gasteiger charge is -2.32. The van der Waals surface area contributed by atoms with Crippen LogP contribution in [0.1, 0.15) is 70.5 Å². The van der Waals surface area contributed by atoms with Crippen LogP contribution in [0.15, 0.2) is 4.52 Å². The second kappa shape index (κ2) is 5.59. The van der Waals surface area contributed by atoms with Crippen molar-refractivity contribution in [3.63, 3.8) is 0 Å². The monoisotopic (exact) mass is 267 g/mol. The first-order chi connectivity index (χ1) is 9.04. The van der Waals surface area contributed by atoms with Gasteiger partial charge < -0.3 is 15.0 Å². The average molecular weight is 267 g/mol. The average Bonchev–Trinajstić information content (AvgIpc) is 2.90. The van der Waals surface area contributed by atoms with Crippen LogP contribution in [-0.4, -0.2) is 17.3 Å². The minimum Gasteiger partial charge on any atom is -0.370 e. The molecule has 1 saturated carbocycles. The van der Waals surface area contributed by atoms with E-state index in [1.165, 1.54) is 6.42 Å². The second-order valence-corrected chi connectivity index (χ2v) is 5.85. The molecule has 0 amide bonds. The van der Waals surface area contributed by atoms with E-state index in [-0.39, 0.29) is 5.60 Å². The number of methoxy groups -OCH3 is 1. The van der Waals surface area contributed by atoms with Crippen molar-refractivity contribution in [1.82, 2.24) is 10.1 Å². The fourth-order valence-electron chi connectivity index (χ4n) is 2.91. The summed E-state index contributed by atoms with van der Waals surface area (Å²) in [7, 11) is 1.73. The Morgan fingerprint density at radius 1 is 1.37 bits per heavy atom. The highest BCUT2D eigenvalue weighted by atomic mass is 16.5. The first kappa shape index (κ1) is 14.5. The van der Waals surface area contributed by atoms with Crippen LogP contribution in [0, 0.1) is 0 Å². The molecular weight excluding hydrogens is 242 g/mol. The third kappa shape index (κ3) is 2.82. The molecule has 5 heteroatoms. The lowest BCUT2D eigenvalue weighted by Crippen LogP contribution is -2.35. The van der Waals surface area contributed by atoms with Crippen molar-refractivity contribution in [1.29, 1.82) is 0 Å². The van der Waals surface area contributed by atoms with E-state index in [1.54, 1.807) is 7.11 Å². The van der Waals surface area contributed by atoms with Crippen molar-refractivity contribution < 1.29 is 9.26 Å². The molecule has 0 bridgehead atoms. The molecule has 1 fully saturated rings. The van der Waals surface area contributed by atoms with Crippen molar-refractivity contribution in [3.05, 3.63) is 11.7 Å². The number of hydrogen-bond donors (Lipinski definition) is 1. The zero-order valence-electron chi connectivity index (χ0n) is 12.2. The van der Waals surface area contributed by atoms with Gasteiger partial charge in [0.2, 0.25) is 11.7 Å². The van der Waals surface area contributed by atoms with Crippen LogP contribution in [-0.2, 0) is 15.9 Å². The predicted molar refractivity (Wildman–Crippen MR) is 72.5 cm³/mol. The van der Waals surface area contributed by atoms with E-state index >= 15 is 0 Å². The van der Waals surface area contributed by atoms with Crippen LogP contribution in [0.25, 0.3) is 0 Å². The van der Waals surface area contributed by atoms with E-state index < -0.39 is 5.54 Å². The third-order valence-electron chi connectivity index (χ3n) is 4.14. The number of nitrogens with two attached hydrogens (primary N) is 1. The normalized spacial score (nSPS) is 22.1. The van der Waals surface area contributed by atoms with Gasteiger partial charge in [0, 0.05) is 7.11 Å². The van der Waals surface area contributed by atoms with E-state index in [1.807, 2.05) is 6.92 Å². The molecule has 1 aliphatic carbocycles. The van der Waals surface area contributed by atoms with Gasteiger partial charge >= 0.3 is 0 Å². The summed E-state index contributed by atoms with van der Waals surface area (Å²) < 4.78 is 11.1. The van der Waals surface area contributed by atoms with Gasteiger partial charge in [0.1, 0.15) is 5.60 Å². The summed E-state index contributed by atoms with van der Waals surface area (Å²) in [6.07, 6.45) is 7.27. The molecule has 1 unspecified atom stereocenters. The standard InChI is InChI=1S/C14H25N3O2/c1-4-8-13(2,15)12-16-11(17-19-12)14(18-3)9-6-5-7-10-14/h4-10,15H2,1-3H3. The Morgan fingerprint density at radius 2 is 2.05 bits per heavy atom. The van der Waals surface area contributed by atoms with Gasteiger partial charge in [-0.25, -0.2) is 0 Å². The fourth-order valence-corrected chi connectivity index (χ4v) is 2.91. The molecule has 108 valence electrons. The second-order valence-electron chi connectivity index (χ2n) is 5.85. The van der Waals surface area contributed by atoms with Gasteiger partial charge in [-0.15, -0.1) is 0 Å². The maximum Gasteiger partial charge on any atom is 0.246 e. The molecule has 1 aliphatic rings. The van der Waals surface area contributed by atoms with E-state index in [0.29, 0.717) is 11.7 Å². The summed E-state index contributed by atoms with van der Waals surface area (Å²) in [6.45, 7) is 4.04. The summed E-state index contributed by atoms with van der Waals surface area (Å²) in [6, 6.07) is 0. The zero-order valence-corrected chi connectivity index (χ0v) is 12.2. The number of aromatic nitrogens is 2. The topological polar surface area (TPSA) is 74.2 Å². The van der Waals surface area contributed by atoms with Crippen molar-refractivity contribution in [2.45, 2.75) is 69.9 Å². The predicted octanol–water partition coefficient (Wildman–Crippen LogP) is 2.85. The van der Waals surface area contributed by atoms with Crippen molar-refractivity contribution in [2.75, 3.05) is 7.11 Å². The maximum absolute atomic E-state index is 6.24. The number of rotatable bonds is 5. The Balaban J connectivity index is 2.24. The molecule has 0 radical (unpaired) electrons. The van der Waals surface area contributed by atoms with Crippen LogP contribution in [0.4, 0.5) is 0 Å². The van der Waals surface area contributed by atoms with E-state index in [2.05, 4.69) is 17.1 Å². The van der Waals surface area contributed by atoms with Crippen LogP contribution >= 0.6 is 0 Å². The molecule has 2 N–H and O–H groups in total. The van der Waals surface area contributed by atoms with E-state index in [0.717, 1.165) is 38.5 Å². The molecular formula is C14H25N3O2. The Bertz CT molecular complexity index is 409. The van der Waals surface area contributed by atoms with Crippen LogP contribution in [0.5, 0.6) is 0 Å². The number of nitrogens with zero attached hydrogens (tertiary/aromatic N) is 2. The van der Waals surface area contributed by atoms with Crippen molar-refractivity contribution in [3.8, 4) is 0 Å². The third-order valence-corrected chi connectivity index (χ3v) is 4.14. The van der Waals surface area contributed by atoms with Crippen LogP contribution < -0.4 is 5.73 Å². The zero-order chi connectivity index (χ0) is 13.9. The summed E-state index contributed by atoms with van der Waals surface area (Å²) in [5.41, 5.74) is 5.31. The summed E-state index contributed by atoms with van der Waals surface area (Å²) in [5, 5.41) is 4.14. The molecule has 0 aliphatic heterocycles. The van der Waals surface area contributed by atoms with E-state index in [9.17, 15) is 0 Å². The largest absolute Gasteiger partial charge is 0.370 e. The van der Waals surface area contributed by atoms with Crippen LogP contribution in [0.3, 0.4) is 0 Å². The van der Waals surface area contributed by atoms with Gasteiger partial charge in [-0.05, 0) is 26.2 Å². The molecule has 2 rings (SSSR count). The first-order valence-electron chi connectivity index (χ1n) is 7.23. The highest BCUT2D eigenvalue weighted by Gasteiger charge is 2.40. The molecule has 0 aromatic carbocycles. The van der Waals surface area contributed by atoms with Gasteiger partial charge in [-0.1, -0.05) is 37.8 Å². The van der Waals surface area contributed by atoms with Crippen molar-refractivity contribution >= 4 is 0 Å². The molecule has 1 aromatic heterocycles. The summed E-state index contributed by atoms with van der Waals surface area (Å²) >= 11 is 0. The number of hydrogen-bond acceptors (Lipinski definition) is 5. The van der Waals surface area contributed by atoms with Gasteiger partial charge in [-0.3, -0.25) is 0 Å². The van der Waals surface area contributed by atoms with Gasteiger partial charge in [0.05, 0.1) is 5.54 Å². The van der Waals surface area contributed by atoms with Crippen molar-refractivity contribution in [2.24, 2.45) is 5.73 Å². The number of ether oxygens (including phenoxy) is 1. The van der Waals surface area contributed by atoms with Gasteiger partial charge in [0.15, 0.2) is 0 Å². The quantitative estimate of drug-likeness (QED) is 0.888. The first-order valence-corrected chi connectivity index (χ1v) is 7.23. The van der Waals surface area contributed by atoms with E-state index in [4.69, 9.17) is 15.0 Å². The molecule has 1 aromatic rings. The lowest BCUT2D eigenvalue weighted by molar-refractivity contribution is -0.0527. The van der Waals surface area contributed by atoms with Gasteiger partial charge in [0.25, 0.3) is 0 Å². The smallest absolute Gasteiger partial charge is 0.246 e. The molecule has 0 saturated heterocycles. The molecule has 19 heavy (non-hydrogen) atoms. The molecule has 5 nitrogen and oxygen atoms in total. The molecule has 0 spiro atoms. The highest BCUT2D eigenvalue weighted by molar-refractivity contribution is 5.07. The Morgan fingerprint density at radius 3 is 2.63 bits per heavy atom. The Hall–Kier alpha value is -0.940. The minimum absolute atomic E-state index is 0.373. The maximum atomic E-state index is 6.24. The summed E-state index contributed by atoms with van der Waals surface area (Å²) in [5.74, 6) is 1.18. The Labute approximate surface area is 114 Å². The van der Waals surface area contributed by atoms with Gasteiger partial charge in [-0.2, -0.15) is 4.98 Å². The SMILES string of the molecule is CCCC(C)(N)c1nc(C2(OC)CCCCC2)no1. The summed E-state index contributed by atoms with van der Waals surface area (Å²) in [4.78, 5) is 4.54. The molecule has 1 heterocycles. The highest BCUT2D eigenvalue weighted by Crippen LogP contribution is 2.39. The lowest BCUT2D eigenvalue weighted by atomic mass is 9.84. The Kier molecular flexibility index (Phi) is 4.26. The molecule has 1 atom stereocenters.